The lowest BCUT2D eigenvalue weighted by atomic mass is 10.2. The van der Waals surface area contributed by atoms with Crippen LogP contribution in [0.4, 0.5) is 0 Å². The van der Waals surface area contributed by atoms with Crippen LogP contribution in [0.25, 0.3) is 0 Å². The van der Waals surface area contributed by atoms with E-state index in [1.807, 2.05) is 45.0 Å². The Morgan fingerprint density at radius 1 is 1.29 bits per heavy atom. The summed E-state index contributed by atoms with van der Waals surface area (Å²) in [6, 6.07) is 7.74. The van der Waals surface area contributed by atoms with E-state index in [2.05, 4.69) is 5.32 Å². The van der Waals surface area contributed by atoms with Crippen molar-refractivity contribution < 1.29 is 9.53 Å². The standard InChI is InChI=1S/C14H21NO2/c1-4-10-15-14(16)13(5-2)17-12-8-6-11(3)7-9-12/h6-9,13H,4-5,10H2,1-3H3,(H,15,16)/t13-/m0/s1. The zero-order valence-corrected chi connectivity index (χ0v) is 10.8. The van der Waals surface area contributed by atoms with Crippen molar-refractivity contribution in [3.8, 4) is 5.75 Å². The molecule has 1 N–H and O–H groups in total. The highest BCUT2D eigenvalue weighted by Gasteiger charge is 2.17. The van der Waals surface area contributed by atoms with E-state index in [1.54, 1.807) is 0 Å². The van der Waals surface area contributed by atoms with Crippen LogP contribution in [0.1, 0.15) is 32.3 Å². The van der Waals surface area contributed by atoms with Crippen LogP contribution in [-0.2, 0) is 4.79 Å². The molecular weight excluding hydrogens is 214 g/mol. The first-order chi connectivity index (χ1) is 8.17. The smallest absolute Gasteiger partial charge is 0.261 e. The van der Waals surface area contributed by atoms with Gasteiger partial charge in [-0.3, -0.25) is 4.79 Å². The summed E-state index contributed by atoms with van der Waals surface area (Å²) in [7, 11) is 0. The van der Waals surface area contributed by atoms with Crippen LogP contribution in [0.15, 0.2) is 24.3 Å². The van der Waals surface area contributed by atoms with Crippen molar-refractivity contribution in [3.63, 3.8) is 0 Å². The molecule has 0 aromatic heterocycles. The number of nitrogens with one attached hydrogen (secondary N) is 1. The van der Waals surface area contributed by atoms with E-state index in [0.29, 0.717) is 13.0 Å². The summed E-state index contributed by atoms with van der Waals surface area (Å²) in [6.45, 7) is 6.70. The van der Waals surface area contributed by atoms with Gasteiger partial charge in [0.1, 0.15) is 5.75 Å². The minimum Gasteiger partial charge on any atom is -0.481 e. The molecule has 0 aliphatic rings. The number of carbonyl (C=O) groups excluding carboxylic acids is 1. The molecule has 1 atom stereocenters. The van der Waals surface area contributed by atoms with E-state index in [4.69, 9.17) is 4.74 Å². The van der Waals surface area contributed by atoms with E-state index in [0.717, 1.165) is 12.2 Å². The van der Waals surface area contributed by atoms with Gasteiger partial charge in [0.25, 0.3) is 5.91 Å². The normalized spacial score (nSPS) is 11.9. The SMILES string of the molecule is CCCNC(=O)[C@H](CC)Oc1ccc(C)cc1. The van der Waals surface area contributed by atoms with Crippen molar-refractivity contribution in [1.82, 2.24) is 5.32 Å². The second-order valence-electron chi connectivity index (χ2n) is 4.12. The number of rotatable bonds is 6. The molecule has 0 saturated heterocycles. The third kappa shape index (κ3) is 4.47. The first kappa shape index (κ1) is 13.6. The number of hydrogen-bond acceptors (Lipinski definition) is 2. The van der Waals surface area contributed by atoms with Gasteiger partial charge in [-0.25, -0.2) is 0 Å². The van der Waals surface area contributed by atoms with E-state index < -0.39 is 6.10 Å². The largest absolute Gasteiger partial charge is 0.481 e. The van der Waals surface area contributed by atoms with Crippen molar-refractivity contribution in [2.75, 3.05) is 6.54 Å². The van der Waals surface area contributed by atoms with Crippen molar-refractivity contribution >= 4 is 5.91 Å². The summed E-state index contributed by atoms with van der Waals surface area (Å²) in [5.41, 5.74) is 1.18. The van der Waals surface area contributed by atoms with Crippen LogP contribution in [0, 0.1) is 6.92 Å². The minimum absolute atomic E-state index is 0.0325. The van der Waals surface area contributed by atoms with Gasteiger partial charge in [0.05, 0.1) is 0 Å². The van der Waals surface area contributed by atoms with Gasteiger partial charge in [-0.1, -0.05) is 31.5 Å². The maximum absolute atomic E-state index is 11.8. The fourth-order valence-electron chi connectivity index (χ4n) is 1.47. The predicted molar refractivity (Wildman–Crippen MR) is 69.2 cm³/mol. The Hall–Kier alpha value is -1.51. The molecule has 1 rings (SSSR count). The average molecular weight is 235 g/mol. The fourth-order valence-corrected chi connectivity index (χ4v) is 1.47. The Morgan fingerprint density at radius 3 is 2.47 bits per heavy atom. The van der Waals surface area contributed by atoms with Crippen LogP contribution in [0.3, 0.4) is 0 Å². The van der Waals surface area contributed by atoms with Crippen molar-refractivity contribution in [3.05, 3.63) is 29.8 Å². The second kappa shape index (κ2) is 6.94. The van der Waals surface area contributed by atoms with E-state index in [1.165, 1.54) is 5.56 Å². The van der Waals surface area contributed by atoms with Gasteiger partial charge < -0.3 is 10.1 Å². The molecular formula is C14H21NO2. The summed E-state index contributed by atoms with van der Waals surface area (Å²) < 4.78 is 5.67. The number of amides is 1. The number of benzene rings is 1. The summed E-state index contributed by atoms with van der Waals surface area (Å²) >= 11 is 0. The molecule has 0 saturated carbocycles. The molecule has 0 fully saturated rings. The van der Waals surface area contributed by atoms with E-state index in [-0.39, 0.29) is 5.91 Å². The highest BCUT2D eigenvalue weighted by atomic mass is 16.5. The molecule has 0 aliphatic heterocycles. The van der Waals surface area contributed by atoms with E-state index in [9.17, 15) is 4.79 Å². The van der Waals surface area contributed by atoms with Crippen LogP contribution >= 0.6 is 0 Å². The zero-order valence-electron chi connectivity index (χ0n) is 10.8. The van der Waals surface area contributed by atoms with Crippen LogP contribution < -0.4 is 10.1 Å². The highest BCUT2D eigenvalue weighted by molar-refractivity contribution is 5.81. The molecule has 1 amide bonds. The first-order valence-corrected chi connectivity index (χ1v) is 6.18. The number of hydrogen-bond donors (Lipinski definition) is 1. The van der Waals surface area contributed by atoms with Gasteiger partial charge in [0.15, 0.2) is 6.10 Å². The van der Waals surface area contributed by atoms with Crippen molar-refractivity contribution in [2.45, 2.75) is 39.7 Å². The molecule has 0 unspecified atom stereocenters. The lowest BCUT2D eigenvalue weighted by Crippen LogP contribution is -2.38. The third-order valence-corrected chi connectivity index (χ3v) is 2.51. The van der Waals surface area contributed by atoms with Gasteiger partial charge in [0, 0.05) is 6.54 Å². The molecule has 0 bridgehead atoms. The van der Waals surface area contributed by atoms with Gasteiger partial charge in [-0.15, -0.1) is 0 Å². The Labute approximate surface area is 103 Å². The monoisotopic (exact) mass is 235 g/mol. The minimum atomic E-state index is -0.399. The van der Waals surface area contributed by atoms with Gasteiger partial charge >= 0.3 is 0 Å². The molecule has 3 heteroatoms. The first-order valence-electron chi connectivity index (χ1n) is 6.18. The quantitative estimate of drug-likeness (QED) is 0.823. The van der Waals surface area contributed by atoms with Crippen molar-refractivity contribution in [2.24, 2.45) is 0 Å². The van der Waals surface area contributed by atoms with Gasteiger partial charge in [-0.05, 0) is 31.9 Å². The number of ether oxygens (including phenoxy) is 1. The molecule has 1 aromatic carbocycles. The summed E-state index contributed by atoms with van der Waals surface area (Å²) in [4.78, 5) is 11.8. The Balaban J connectivity index is 2.57. The lowest BCUT2D eigenvalue weighted by Gasteiger charge is -2.17. The Kier molecular flexibility index (Phi) is 5.53. The molecule has 0 radical (unpaired) electrons. The topological polar surface area (TPSA) is 38.3 Å². The maximum Gasteiger partial charge on any atom is 0.261 e. The summed E-state index contributed by atoms with van der Waals surface area (Å²) in [5.74, 6) is 0.712. The number of aryl methyl sites for hydroxylation is 1. The highest BCUT2D eigenvalue weighted by Crippen LogP contribution is 2.14. The summed E-state index contributed by atoms with van der Waals surface area (Å²) in [6.07, 6.45) is 1.21. The maximum atomic E-state index is 11.8. The average Bonchev–Trinajstić information content (AvgIpc) is 2.35. The lowest BCUT2D eigenvalue weighted by molar-refractivity contribution is -0.128. The summed E-state index contributed by atoms with van der Waals surface area (Å²) in [5, 5.41) is 2.85. The third-order valence-electron chi connectivity index (χ3n) is 2.51. The predicted octanol–water partition coefficient (Wildman–Crippen LogP) is 2.68. The van der Waals surface area contributed by atoms with Gasteiger partial charge in [-0.2, -0.15) is 0 Å². The molecule has 0 heterocycles. The van der Waals surface area contributed by atoms with Crippen LogP contribution in [0.5, 0.6) is 5.75 Å². The Morgan fingerprint density at radius 2 is 1.94 bits per heavy atom. The second-order valence-corrected chi connectivity index (χ2v) is 4.12. The molecule has 94 valence electrons. The van der Waals surface area contributed by atoms with Crippen molar-refractivity contribution in [1.29, 1.82) is 0 Å². The fraction of sp³-hybridized carbons (Fsp3) is 0.500. The van der Waals surface area contributed by atoms with Crippen LogP contribution in [-0.4, -0.2) is 18.6 Å². The molecule has 0 spiro atoms. The molecule has 3 nitrogen and oxygen atoms in total. The number of carbonyl (C=O) groups is 1. The van der Waals surface area contributed by atoms with E-state index >= 15 is 0 Å². The Bertz CT molecular complexity index is 346. The molecule has 17 heavy (non-hydrogen) atoms. The molecule has 0 aliphatic carbocycles. The van der Waals surface area contributed by atoms with Gasteiger partial charge in [0.2, 0.25) is 0 Å². The molecule has 1 aromatic rings. The van der Waals surface area contributed by atoms with Crippen LogP contribution in [0.2, 0.25) is 0 Å². The zero-order chi connectivity index (χ0) is 12.7.